The van der Waals surface area contributed by atoms with Crippen LogP contribution in [0.4, 0.5) is 0 Å². The van der Waals surface area contributed by atoms with Crippen molar-refractivity contribution < 1.29 is 19.2 Å². The number of carboxylic acid groups (broad SMARTS) is 1. The monoisotopic (exact) mass is 187 g/mol. The molecule has 0 aromatic rings. The smallest absolute Gasteiger partial charge is 0.178 e. The lowest BCUT2D eigenvalue weighted by atomic mass is 10.1. The molecule has 4 nitrogen and oxygen atoms in total. The van der Waals surface area contributed by atoms with Gasteiger partial charge in [0.25, 0.3) is 0 Å². The molecule has 0 saturated heterocycles. The number of nitrogens with zero attached hydrogens (tertiary/aromatic N) is 1. The maximum Gasteiger partial charge on any atom is 0.178 e. The highest BCUT2D eigenvalue weighted by atomic mass is 16.4. The molecule has 0 N–H and O–H groups in total. The molecule has 0 unspecified atom stereocenters. The lowest BCUT2D eigenvalue weighted by Crippen LogP contribution is -2.35. The number of carbonyl (C=O) groups excluding carboxylic acids is 2. The van der Waals surface area contributed by atoms with Crippen molar-refractivity contribution in [2.24, 2.45) is 0 Å². The maximum absolute atomic E-state index is 10.6. The Bertz CT molecular complexity index is 194. The summed E-state index contributed by atoms with van der Waals surface area (Å²) in [5.74, 6) is -2.35. The van der Waals surface area contributed by atoms with Crippen LogP contribution in [0.25, 0.3) is 0 Å². The summed E-state index contributed by atoms with van der Waals surface area (Å²) in [7, 11) is 6.17. The van der Waals surface area contributed by atoms with Gasteiger partial charge in [-0.1, -0.05) is 0 Å². The molecule has 4 heteroatoms. The molecule has 0 atom stereocenters. The Morgan fingerprint density at radius 1 is 1.15 bits per heavy atom. The summed E-state index contributed by atoms with van der Waals surface area (Å²) in [6.45, 7) is 0.945. The van der Waals surface area contributed by atoms with Crippen molar-refractivity contribution in [3.8, 4) is 0 Å². The average Bonchev–Trinajstić information content (AvgIpc) is 1.95. The molecule has 0 heterocycles. The number of quaternary nitrogens is 1. The molecule has 0 aliphatic heterocycles. The maximum atomic E-state index is 10.6. The Balaban J connectivity index is 3.47. The molecular formula is C9H17NO3. The van der Waals surface area contributed by atoms with E-state index in [9.17, 15) is 14.7 Å². The lowest BCUT2D eigenvalue weighted by molar-refractivity contribution is -0.870. The van der Waals surface area contributed by atoms with Gasteiger partial charge < -0.3 is 14.4 Å². The second-order valence-electron chi connectivity index (χ2n) is 4.18. The van der Waals surface area contributed by atoms with Gasteiger partial charge in [-0.25, -0.2) is 0 Å². The molecule has 0 bridgehead atoms. The third-order valence-corrected chi connectivity index (χ3v) is 1.71. The molecule has 0 fully saturated rings. The van der Waals surface area contributed by atoms with E-state index in [1.807, 2.05) is 0 Å². The van der Waals surface area contributed by atoms with Crippen molar-refractivity contribution in [3.63, 3.8) is 0 Å². The molecule has 0 radical (unpaired) electrons. The van der Waals surface area contributed by atoms with Crippen LogP contribution in [0.5, 0.6) is 0 Å². The molecule has 0 aliphatic carbocycles. The minimum absolute atomic E-state index is 0.0995. The second-order valence-corrected chi connectivity index (χ2v) is 4.18. The summed E-state index contributed by atoms with van der Waals surface area (Å²) in [4.78, 5) is 20.6. The zero-order valence-corrected chi connectivity index (χ0v) is 8.50. The van der Waals surface area contributed by atoms with Gasteiger partial charge in [-0.2, -0.15) is 0 Å². The van der Waals surface area contributed by atoms with Crippen LogP contribution < -0.4 is 5.11 Å². The van der Waals surface area contributed by atoms with E-state index in [2.05, 4.69) is 21.1 Å². The second kappa shape index (κ2) is 4.97. The topological polar surface area (TPSA) is 57.2 Å². The highest BCUT2D eigenvalue weighted by molar-refractivity contribution is 6.31. The van der Waals surface area contributed by atoms with Crippen molar-refractivity contribution in [1.29, 1.82) is 0 Å². The fraction of sp³-hybridized carbons (Fsp3) is 0.778. The molecule has 0 saturated carbocycles. The number of hydrogen-bond acceptors (Lipinski definition) is 3. The number of aliphatic carboxylic acids is 1. The fourth-order valence-electron chi connectivity index (χ4n) is 0.974. The summed E-state index contributed by atoms with van der Waals surface area (Å²) in [5.41, 5.74) is 0. The predicted octanol–water partition coefficient (Wildman–Crippen LogP) is -0.818. The molecular weight excluding hydrogens is 170 g/mol. The van der Waals surface area contributed by atoms with Gasteiger partial charge in [0, 0.05) is 6.42 Å². The van der Waals surface area contributed by atoms with Gasteiger partial charge in [0.15, 0.2) is 5.78 Å². The van der Waals surface area contributed by atoms with Crippen LogP contribution in [0, 0.1) is 0 Å². The Kier molecular flexibility index (Phi) is 4.62. The van der Waals surface area contributed by atoms with Crippen LogP contribution in [0.1, 0.15) is 19.3 Å². The highest BCUT2D eigenvalue weighted by Crippen LogP contribution is 2.00. The van der Waals surface area contributed by atoms with E-state index < -0.39 is 11.8 Å². The summed E-state index contributed by atoms with van der Waals surface area (Å²) in [5, 5.41) is 10.0. The van der Waals surface area contributed by atoms with Crippen molar-refractivity contribution in [2.45, 2.75) is 19.3 Å². The first-order valence-electron chi connectivity index (χ1n) is 4.37. The van der Waals surface area contributed by atoms with E-state index in [4.69, 9.17) is 0 Å². The zero-order chi connectivity index (χ0) is 10.5. The normalized spacial score (nSPS) is 11.3. The Labute approximate surface area is 78.7 Å². The third-order valence-electron chi connectivity index (χ3n) is 1.71. The van der Waals surface area contributed by atoms with E-state index in [0.29, 0.717) is 6.42 Å². The SMILES string of the molecule is C[N+](C)(C)CCCCC(=O)C(=O)[O-]. The average molecular weight is 187 g/mol. The van der Waals surface area contributed by atoms with Gasteiger partial charge in [-0.3, -0.25) is 4.79 Å². The van der Waals surface area contributed by atoms with Gasteiger partial charge in [0.2, 0.25) is 0 Å². The molecule has 0 spiro atoms. The van der Waals surface area contributed by atoms with Crippen LogP contribution in [0.3, 0.4) is 0 Å². The third kappa shape index (κ3) is 7.46. The summed E-state index contributed by atoms with van der Waals surface area (Å²) < 4.78 is 0.833. The van der Waals surface area contributed by atoms with Crippen molar-refractivity contribution >= 4 is 11.8 Å². The van der Waals surface area contributed by atoms with Crippen LogP contribution in [0.15, 0.2) is 0 Å². The number of carbonyl (C=O) groups is 2. The Morgan fingerprint density at radius 3 is 2.08 bits per heavy atom. The zero-order valence-electron chi connectivity index (χ0n) is 8.50. The Morgan fingerprint density at radius 2 is 1.69 bits per heavy atom. The molecule has 0 amide bonds. The summed E-state index contributed by atoms with van der Waals surface area (Å²) >= 11 is 0. The highest BCUT2D eigenvalue weighted by Gasteiger charge is 2.07. The van der Waals surface area contributed by atoms with Gasteiger partial charge in [-0.05, 0) is 12.8 Å². The van der Waals surface area contributed by atoms with Crippen LogP contribution in [0.2, 0.25) is 0 Å². The number of unbranched alkanes of at least 4 members (excludes halogenated alkanes) is 1. The van der Waals surface area contributed by atoms with E-state index in [1.54, 1.807) is 0 Å². The number of rotatable bonds is 6. The van der Waals surface area contributed by atoms with E-state index in [1.165, 1.54) is 0 Å². The van der Waals surface area contributed by atoms with Gasteiger partial charge in [0.1, 0.15) is 5.97 Å². The number of ketones is 1. The van der Waals surface area contributed by atoms with Crippen molar-refractivity contribution in [2.75, 3.05) is 27.7 Å². The summed E-state index contributed by atoms with van der Waals surface area (Å²) in [6, 6.07) is 0. The number of Topliss-reactive ketones (excluding diaryl/α,β-unsaturated/α-hetero) is 1. The van der Waals surface area contributed by atoms with E-state index in [0.717, 1.165) is 17.4 Å². The molecule has 0 aromatic carbocycles. The molecule has 76 valence electrons. The van der Waals surface area contributed by atoms with Gasteiger partial charge in [-0.15, -0.1) is 0 Å². The quantitative estimate of drug-likeness (QED) is 0.310. The van der Waals surface area contributed by atoms with Gasteiger partial charge in [0.05, 0.1) is 27.7 Å². The standard InChI is InChI=1S/C9H17NO3/c1-10(2,3)7-5-4-6-8(11)9(12)13/h4-7H2,1-3H3. The van der Waals surface area contributed by atoms with Gasteiger partial charge >= 0.3 is 0 Å². The van der Waals surface area contributed by atoms with Crippen molar-refractivity contribution in [1.82, 2.24) is 0 Å². The van der Waals surface area contributed by atoms with Crippen LogP contribution in [-0.4, -0.2) is 43.9 Å². The Hall–Kier alpha value is -0.900. The van der Waals surface area contributed by atoms with Crippen LogP contribution >= 0.6 is 0 Å². The lowest BCUT2D eigenvalue weighted by Gasteiger charge is -2.23. The minimum atomic E-state index is -1.56. The number of hydrogen-bond donors (Lipinski definition) is 0. The molecule has 0 aromatic heterocycles. The fourth-order valence-corrected chi connectivity index (χ4v) is 0.974. The predicted molar refractivity (Wildman–Crippen MR) is 46.8 cm³/mol. The summed E-state index contributed by atoms with van der Waals surface area (Å²) in [6.07, 6.45) is 1.59. The van der Waals surface area contributed by atoms with Crippen LogP contribution in [-0.2, 0) is 9.59 Å². The van der Waals surface area contributed by atoms with Crippen molar-refractivity contribution in [3.05, 3.63) is 0 Å². The minimum Gasteiger partial charge on any atom is -0.542 e. The largest absolute Gasteiger partial charge is 0.542 e. The van der Waals surface area contributed by atoms with E-state index in [-0.39, 0.29) is 6.42 Å². The van der Waals surface area contributed by atoms with E-state index >= 15 is 0 Å². The number of carboxylic acids is 1. The first kappa shape index (κ1) is 12.1. The first-order valence-corrected chi connectivity index (χ1v) is 4.37. The molecule has 13 heavy (non-hydrogen) atoms. The molecule has 0 aliphatic rings. The molecule has 0 rings (SSSR count). The first-order chi connectivity index (χ1) is 5.83.